The van der Waals surface area contributed by atoms with Gasteiger partial charge in [-0.25, -0.2) is 0 Å². The van der Waals surface area contributed by atoms with Crippen molar-refractivity contribution < 1.29 is 25.0 Å². The molecule has 0 saturated carbocycles. The fourth-order valence-corrected chi connectivity index (χ4v) is 2.21. The minimum absolute atomic E-state index is 0.0544. The number of rotatable bonds is 5. The highest BCUT2D eigenvalue weighted by molar-refractivity contribution is 5.77. The number of nitrogen functional groups attached to an aromatic ring is 1. The van der Waals surface area contributed by atoms with Crippen LogP contribution < -0.4 is 5.73 Å². The second kappa shape index (κ2) is 6.22. The van der Waals surface area contributed by atoms with Crippen LogP contribution in [0.25, 0.3) is 0 Å². The number of phenols is 2. The first-order valence-corrected chi connectivity index (χ1v) is 6.57. The molecule has 1 atom stereocenters. The van der Waals surface area contributed by atoms with Gasteiger partial charge in [0.15, 0.2) is 5.75 Å². The molecule has 0 aliphatic carbocycles. The third kappa shape index (κ3) is 3.49. The molecule has 2 aromatic carbocycles. The number of carboxylic acid groups (broad SMARTS) is 1. The standard InChI is InChI=1S/C15H14N2O6/c16-10-3-1-8(2-4-10)11(15(20)21)5-9-6-12(17(22)23)14(19)7-13(9)18/h1-4,6-7,11,18-19H,5,16H2,(H,20,21). The molecule has 2 aromatic rings. The van der Waals surface area contributed by atoms with Crippen LogP contribution in [0, 0.1) is 10.1 Å². The number of carbonyl (C=O) groups is 1. The van der Waals surface area contributed by atoms with Crippen molar-refractivity contribution in [3.8, 4) is 11.5 Å². The third-order valence-corrected chi connectivity index (χ3v) is 3.43. The average molecular weight is 318 g/mol. The van der Waals surface area contributed by atoms with E-state index < -0.39 is 34.0 Å². The Kier molecular flexibility index (Phi) is 4.35. The molecule has 0 amide bonds. The zero-order valence-corrected chi connectivity index (χ0v) is 11.8. The van der Waals surface area contributed by atoms with Gasteiger partial charge in [-0.3, -0.25) is 14.9 Å². The number of nitro groups is 1. The second-order valence-corrected chi connectivity index (χ2v) is 4.99. The monoisotopic (exact) mass is 318 g/mol. The fourth-order valence-electron chi connectivity index (χ4n) is 2.21. The van der Waals surface area contributed by atoms with Crippen molar-refractivity contribution in [3.63, 3.8) is 0 Å². The van der Waals surface area contributed by atoms with Crippen LogP contribution in [-0.4, -0.2) is 26.2 Å². The molecule has 2 rings (SSSR count). The number of hydrogen-bond donors (Lipinski definition) is 4. The van der Waals surface area contributed by atoms with E-state index in [2.05, 4.69) is 0 Å². The van der Waals surface area contributed by atoms with Crippen molar-refractivity contribution in [2.24, 2.45) is 0 Å². The summed E-state index contributed by atoms with van der Waals surface area (Å²) in [5.41, 5.74) is 5.93. The molecule has 1 unspecified atom stereocenters. The summed E-state index contributed by atoms with van der Waals surface area (Å²) in [5.74, 6) is -3.26. The Balaban J connectivity index is 2.41. The summed E-state index contributed by atoms with van der Waals surface area (Å²) in [5, 5.41) is 39.5. The topological polar surface area (TPSA) is 147 Å². The Bertz CT molecular complexity index is 757. The van der Waals surface area contributed by atoms with Gasteiger partial charge >= 0.3 is 11.7 Å². The van der Waals surface area contributed by atoms with Crippen molar-refractivity contribution in [2.75, 3.05) is 5.73 Å². The van der Waals surface area contributed by atoms with Crippen LogP contribution in [0.4, 0.5) is 11.4 Å². The molecule has 0 bridgehead atoms. The van der Waals surface area contributed by atoms with E-state index >= 15 is 0 Å². The molecule has 23 heavy (non-hydrogen) atoms. The first-order chi connectivity index (χ1) is 10.8. The van der Waals surface area contributed by atoms with Crippen molar-refractivity contribution in [1.82, 2.24) is 0 Å². The maximum Gasteiger partial charge on any atom is 0.311 e. The van der Waals surface area contributed by atoms with E-state index in [1.54, 1.807) is 24.3 Å². The summed E-state index contributed by atoms with van der Waals surface area (Å²) >= 11 is 0. The Labute approximate surface area is 130 Å². The van der Waals surface area contributed by atoms with E-state index in [0.717, 1.165) is 12.1 Å². The maximum atomic E-state index is 11.5. The second-order valence-electron chi connectivity index (χ2n) is 4.99. The maximum absolute atomic E-state index is 11.5. The number of carboxylic acids is 1. The van der Waals surface area contributed by atoms with Crippen LogP contribution in [0.15, 0.2) is 36.4 Å². The van der Waals surface area contributed by atoms with Gasteiger partial charge in [-0.05, 0) is 24.1 Å². The highest BCUT2D eigenvalue weighted by Gasteiger charge is 2.25. The van der Waals surface area contributed by atoms with Gasteiger partial charge in [0, 0.05) is 23.4 Å². The van der Waals surface area contributed by atoms with Gasteiger partial charge in [0.2, 0.25) is 0 Å². The van der Waals surface area contributed by atoms with Gasteiger partial charge in [-0.15, -0.1) is 0 Å². The molecule has 8 nitrogen and oxygen atoms in total. The van der Waals surface area contributed by atoms with Crippen molar-refractivity contribution in [2.45, 2.75) is 12.3 Å². The molecule has 0 radical (unpaired) electrons. The quantitative estimate of drug-likeness (QED) is 0.374. The van der Waals surface area contributed by atoms with Crippen LogP contribution in [0.1, 0.15) is 17.0 Å². The Morgan fingerprint density at radius 3 is 2.30 bits per heavy atom. The summed E-state index contributed by atoms with van der Waals surface area (Å²) < 4.78 is 0. The zero-order valence-electron chi connectivity index (χ0n) is 11.8. The van der Waals surface area contributed by atoms with Crippen molar-refractivity contribution in [1.29, 1.82) is 0 Å². The van der Waals surface area contributed by atoms with Crippen LogP contribution in [0.2, 0.25) is 0 Å². The van der Waals surface area contributed by atoms with E-state index in [1.807, 2.05) is 0 Å². The Hall–Kier alpha value is -3.29. The molecule has 8 heteroatoms. The minimum atomic E-state index is -1.15. The molecule has 120 valence electrons. The zero-order chi connectivity index (χ0) is 17.1. The Morgan fingerprint density at radius 2 is 1.78 bits per heavy atom. The number of nitrogens with zero attached hydrogens (tertiary/aromatic N) is 1. The van der Waals surface area contributed by atoms with Gasteiger partial charge in [-0.1, -0.05) is 12.1 Å². The number of aliphatic carboxylic acids is 1. The van der Waals surface area contributed by atoms with Crippen molar-refractivity contribution in [3.05, 3.63) is 57.6 Å². The predicted molar refractivity (Wildman–Crippen MR) is 81.4 cm³/mol. The van der Waals surface area contributed by atoms with Crippen LogP contribution in [0.3, 0.4) is 0 Å². The number of phenolic OH excluding ortho intramolecular Hbond substituents is 2. The van der Waals surface area contributed by atoms with Crippen LogP contribution >= 0.6 is 0 Å². The first-order valence-electron chi connectivity index (χ1n) is 6.57. The summed E-state index contributed by atoms with van der Waals surface area (Å²) in [6, 6.07) is 7.97. The normalized spacial score (nSPS) is 11.8. The minimum Gasteiger partial charge on any atom is -0.508 e. The number of hydrogen-bond acceptors (Lipinski definition) is 6. The third-order valence-electron chi connectivity index (χ3n) is 3.43. The summed E-state index contributed by atoms with van der Waals surface area (Å²) in [7, 11) is 0. The lowest BCUT2D eigenvalue weighted by Gasteiger charge is -2.14. The van der Waals surface area contributed by atoms with E-state index in [0.29, 0.717) is 11.3 Å². The van der Waals surface area contributed by atoms with E-state index in [1.165, 1.54) is 0 Å². The predicted octanol–water partition coefficient (Wildman–Crippen LogP) is 2.00. The van der Waals surface area contributed by atoms with Gasteiger partial charge in [0.05, 0.1) is 10.8 Å². The van der Waals surface area contributed by atoms with Gasteiger partial charge < -0.3 is 21.1 Å². The number of nitro benzene ring substituents is 1. The Morgan fingerprint density at radius 1 is 1.17 bits per heavy atom. The number of aromatic hydroxyl groups is 2. The molecule has 0 aliphatic heterocycles. The fraction of sp³-hybridized carbons (Fsp3) is 0.133. The van der Waals surface area contributed by atoms with Crippen molar-refractivity contribution >= 4 is 17.3 Å². The summed E-state index contributed by atoms with van der Waals surface area (Å²) in [6.45, 7) is 0. The SMILES string of the molecule is Nc1ccc(C(Cc2cc([N+](=O)[O-])c(O)cc2O)C(=O)O)cc1. The molecule has 0 spiro atoms. The lowest BCUT2D eigenvalue weighted by atomic mass is 9.91. The first kappa shape index (κ1) is 16.1. The van der Waals surface area contributed by atoms with Crippen LogP contribution in [0.5, 0.6) is 11.5 Å². The molecule has 0 saturated heterocycles. The molecule has 0 aromatic heterocycles. The van der Waals surface area contributed by atoms with E-state index in [4.69, 9.17) is 5.73 Å². The molecule has 5 N–H and O–H groups in total. The number of anilines is 1. The highest BCUT2D eigenvalue weighted by atomic mass is 16.6. The summed E-state index contributed by atoms with van der Waals surface area (Å²) in [4.78, 5) is 21.5. The van der Waals surface area contributed by atoms with Gasteiger partial charge in [-0.2, -0.15) is 0 Å². The lowest BCUT2D eigenvalue weighted by Crippen LogP contribution is -2.14. The molecule has 0 aliphatic rings. The number of nitrogens with two attached hydrogens (primary N) is 1. The molecular weight excluding hydrogens is 304 g/mol. The lowest BCUT2D eigenvalue weighted by molar-refractivity contribution is -0.385. The molecule has 0 heterocycles. The average Bonchev–Trinajstić information content (AvgIpc) is 2.47. The highest BCUT2D eigenvalue weighted by Crippen LogP contribution is 2.35. The summed E-state index contributed by atoms with van der Waals surface area (Å²) in [6.07, 6.45) is -0.174. The van der Waals surface area contributed by atoms with E-state index in [9.17, 15) is 30.2 Å². The molecule has 0 fully saturated rings. The smallest absolute Gasteiger partial charge is 0.311 e. The largest absolute Gasteiger partial charge is 0.508 e. The van der Waals surface area contributed by atoms with Gasteiger partial charge in [0.1, 0.15) is 5.75 Å². The van der Waals surface area contributed by atoms with Crippen LogP contribution in [-0.2, 0) is 11.2 Å². The molecular formula is C15H14N2O6. The van der Waals surface area contributed by atoms with E-state index in [-0.39, 0.29) is 12.0 Å². The number of benzene rings is 2. The van der Waals surface area contributed by atoms with Gasteiger partial charge in [0.25, 0.3) is 0 Å².